The molecular formula is C25H33ClN2O2. The predicted octanol–water partition coefficient (Wildman–Crippen LogP) is 4.83. The van der Waals surface area contributed by atoms with Crippen molar-refractivity contribution in [3.8, 4) is 0 Å². The molecule has 30 heavy (non-hydrogen) atoms. The van der Waals surface area contributed by atoms with Gasteiger partial charge in [0, 0.05) is 48.2 Å². The van der Waals surface area contributed by atoms with E-state index in [-0.39, 0.29) is 12.1 Å². The SMILES string of the molecule is Cc1cc(/C=C\C(=O)OC2CCN3[C@@H]4C[C@@H](C[C@@H]3C2)N2CCCC[C@@H]2C4)ccc1Cl. The molecule has 0 radical (unpaired) electrons. The van der Waals surface area contributed by atoms with Crippen LogP contribution >= 0.6 is 11.6 Å². The van der Waals surface area contributed by atoms with E-state index < -0.39 is 0 Å². The Labute approximate surface area is 185 Å². The summed E-state index contributed by atoms with van der Waals surface area (Å²) < 4.78 is 5.85. The van der Waals surface area contributed by atoms with Crippen molar-refractivity contribution in [3.05, 3.63) is 40.4 Å². The van der Waals surface area contributed by atoms with Crippen LogP contribution in [0.3, 0.4) is 0 Å². The highest BCUT2D eigenvalue weighted by molar-refractivity contribution is 6.31. The number of hydrogen-bond acceptors (Lipinski definition) is 4. The van der Waals surface area contributed by atoms with E-state index >= 15 is 0 Å². The van der Waals surface area contributed by atoms with Crippen LogP contribution in [0, 0.1) is 6.92 Å². The van der Waals surface area contributed by atoms with Crippen molar-refractivity contribution in [1.29, 1.82) is 0 Å². The quantitative estimate of drug-likeness (QED) is 0.510. The first-order valence-corrected chi connectivity index (χ1v) is 12.1. The molecule has 0 spiro atoms. The highest BCUT2D eigenvalue weighted by Crippen LogP contribution is 2.42. The molecule has 5 atom stereocenters. The van der Waals surface area contributed by atoms with Gasteiger partial charge in [-0.2, -0.15) is 0 Å². The van der Waals surface area contributed by atoms with E-state index in [2.05, 4.69) is 9.80 Å². The van der Waals surface area contributed by atoms with Gasteiger partial charge < -0.3 is 4.74 Å². The number of hydrogen-bond donors (Lipinski definition) is 0. The van der Waals surface area contributed by atoms with Crippen LogP contribution in [0.1, 0.15) is 62.5 Å². The Bertz CT molecular complexity index is 825. The van der Waals surface area contributed by atoms with Crippen LogP contribution in [0.15, 0.2) is 24.3 Å². The number of ether oxygens (including phenoxy) is 1. The summed E-state index contributed by atoms with van der Waals surface area (Å²) in [5.74, 6) is -0.229. The zero-order valence-electron chi connectivity index (χ0n) is 17.9. The van der Waals surface area contributed by atoms with E-state index in [0.29, 0.717) is 6.04 Å². The third-order valence-electron chi connectivity index (χ3n) is 7.83. The van der Waals surface area contributed by atoms with Crippen molar-refractivity contribution in [2.24, 2.45) is 0 Å². The first-order valence-electron chi connectivity index (χ1n) is 11.7. The summed E-state index contributed by atoms with van der Waals surface area (Å²) in [6.07, 6.45) is 13.5. The molecule has 1 aromatic rings. The summed E-state index contributed by atoms with van der Waals surface area (Å²) in [4.78, 5) is 18.0. The second-order valence-electron chi connectivity index (χ2n) is 9.72. The van der Waals surface area contributed by atoms with E-state index in [1.807, 2.05) is 31.2 Å². The van der Waals surface area contributed by atoms with Crippen molar-refractivity contribution in [1.82, 2.24) is 9.80 Å². The molecule has 1 unspecified atom stereocenters. The van der Waals surface area contributed by atoms with Crippen LogP contribution < -0.4 is 0 Å². The maximum Gasteiger partial charge on any atom is 0.331 e. The lowest BCUT2D eigenvalue weighted by Crippen LogP contribution is -2.65. The van der Waals surface area contributed by atoms with Crippen LogP contribution in [-0.2, 0) is 9.53 Å². The fraction of sp³-hybridized carbons (Fsp3) is 0.640. The zero-order valence-corrected chi connectivity index (χ0v) is 18.7. The number of aryl methyl sites for hydroxylation is 1. The molecule has 1 aromatic carbocycles. The molecule has 0 saturated carbocycles. The molecule has 0 aromatic heterocycles. The summed E-state index contributed by atoms with van der Waals surface area (Å²) in [5, 5.41) is 0.745. The molecule has 4 nitrogen and oxygen atoms in total. The maximum absolute atomic E-state index is 12.4. The Morgan fingerprint density at radius 3 is 2.53 bits per heavy atom. The first-order chi connectivity index (χ1) is 14.6. The molecule has 0 N–H and O–H groups in total. The standard InChI is InChI=1S/C25H33ClN2O2/c1-17-12-18(5-7-24(17)26)6-8-25(29)30-23-9-11-28-20-13-19-4-2-3-10-27(19)21(14-20)15-22(28)16-23/h5-8,12,19-23H,2-4,9-11,13-16H2,1H3/b8-6-/t19-,20+,21+,22-,23?/m1/s1. The van der Waals surface area contributed by atoms with E-state index in [1.165, 1.54) is 45.1 Å². The minimum atomic E-state index is -0.229. The Balaban J connectivity index is 1.18. The molecule has 2 bridgehead atoms. The molecule has 5 rings (SSSR count). The van der Waals surface area contributed by atoms with Crippen LogP contribution in [0.5, 0.6) is 0 Å². The highest BCUT2D eigenvalue weighted by atomic mass is 35.5. The number of benzene rings is 1. The van der Waals surface area contributed by atoms with Gasteiger partial charge in [-0.05, 0) is 75.3 Å². The van der Waals surface area contributed by atoms with Gasteiger partial charge in [0.25, 0.3) is 0 Å². The number of nitrogens with zero attached hydrogens (tertiary/aromatic N) is 2. The fourth-order valence-corrected chi connectivity index (χ4v) is 6.54. The lowest BCUT2D eigenvalue weighted by molar-refractivity contribution is -0.149. The second kappa shape index (κ2) is 8.64. The minimum absolute atomic E-state index is 0.0475. The number of carbonyl (C=O) groups is 1. The van der Waals surface area contributed by atoms with E-state index in [0.717, 1.165) is 53.7 Å². The molecule has 0 aliphatic carbocycles. The van der Waals surface area contributed by atoms with E-state index in [1.54, 1.807) is 6.08 Å². The van der Waals surface area contributed by atoms with Gasteiger partial charge in [0.2, 0.25) is 0 Å². The molecule has 162 valence electrons. The minimum Gasteiger partial charge on any atom is -0.459 e. The number of fused-ring (bicyclic) bond motifs is 6. The van der Waals surface area contributed by atoms with Crippen molar-refractivity contribution in [3.63, 3.8) is 0 Å². The van der Waals surface area contributed by atoms with Gasteiger partial charge in [-0.25, -0.2) is 4.79 Å². The zero-order chi connectivity index (χ0) is 20.7. The molecule has 4 saturated heterocycles. The fourth-order valence-electron chi connectivity index (χ4n) is 6.42. The molecular weight excluding hydrogens is 396 g/mol. The summed E-state index contributed by atoms with van der Waals surface area (Å²) >= 11 is 6.08. The first kappa shape index (κ1) is 20.5. The normalized spacial score (nSPS) is 34.4. The van der Waals surface area contributed by atoms with Gasteiger partial charge in [-0.3, -0.25) is 9.80 Å². The van der Waals surface area contributed by atoms with Crippen LogP contribution in [-0.4, -0.2) is 59.1 Å². The lowest BCUT2D eigenvalue weighted by Gasteiger charge is -2.58. The second-order valence-corrected chi connectivity index (χ2v) is 10.1. The molecule has 4 heterocycles. The third kappa shape index (κ3) is 4.19. The van der Waals surface area contributed by atoms with Crippen molar-refractivity contribution in [2.75, 3.05) is 13.1 Å². The largest absolute Gasteiger partial charge is 0.459 e. The number of piperidine rings is 4. The predicted molar refractivity (Wildman–Crippen MR) is 121 cm³/mol. The number of halogens is 1. The van der Waals surface area contributed by atoms with Crippen molar-refractivity contribution < 1.29 is 9.53 Å². The van der Waals surface area contributed by atoms with Gasteiger partial charge in [0.15, 0.2) is 0 Å². The summed E-state index contributed by atoms with van der Waals surface area (Å²) in [6.45, 7) is 4.34. The summed E-state index contributed by atoms with van der Waals surface area (Å²) in [7, 11) is 0. The van der Waals surface area contributed by atoms with E-state index in [4.69, 9.17) is 16.3 Å². The number of carbonyl (C=O) groups excluding carboxylic acids is 1. The average molecular weight is 429 g/mol. The molecule has 4 fully saturated rings. The third-order valence-corrected chi connectivity index (χ3v) is 8.26. The Morgan fingerprint density at radius 2 is 1.73 bits per heavy atom. The summed E-state index contributed by atoms with van der Waals surface area (Å²) in [5.41, 5.74) is 1.98. The maximum atomic E-state index is 12.4. The molecule has 4 aliphatic rings. The summed E-state index contributed by atoms with van der Waals surface area (Å²) in [6, 6.07) is 8.66. The van der Waals surface area contributed by atoms with Crippen molar-refractivity contribution in [2.45, 2.75) is 88.6 Å². The van der Waals surface area contributed by atoms with Gasteiger partial charge in [-0.15, -0.1) is 0 Å². The highest BCUT2D eigenvalue weighted by Gasteiger charge is 2.47. The van der Waals surface area contributed by atoms with Crippen LogP contribution in [0.2, 0.25) is 5.02 Å². The monoisotopic (exact) mass is 428 g/mol. The van der Waals surface area contributed by atoms with Gasteiger partial charge in [-0.1, -0.05) is 30.2 Å². The Morgan fingerprint density at radius 1 is 1.00 bits per heavy atom. The van der Waals surface area contributed by atoms with E-state index in [9.17, 15) is 4.79 Å². The topological polar surface area (TPSA) is 32.8 Å². The molecule has 4 aliphatic heterocycles. The van der Waals surface area contributed by atoms with Gasteiger partial charge >= 0.3 is 5.97 Å². The number of rotatable bonds is 3. The van der Waals surface area contributed by atoms with Gasteiger partial charge in [0.1, 0.15) is 6.10 Å². The van der Waals surface area contributed by atoms with Crippen molar-refractivity contribution >= 4 is 23.6 Å². The van der Waals surface area contributed by atoms with Crippen LogP contribution in [0.25, 0.3) is 6.08 Å². The smallest absolute Gasteiger partial charge is 0.331 e. The molecule has 5 heteroatoms. The number of esters is 1. The lowest BCUT2D eigenvalue weighted by atomic mass is 9.76. The van der Waals surface area contributed by atoms with Gasteiger partial charge in [0.05, 0.1) is 0 Å². The average Bonchev–Trinajstić information content (AvgIpc) is 2.74. The Hall–Kier alpha value is -1.36. The van der Waals surface area contributed by atoms with Crippen LogP contribution in [0.4, 0.5) is 0 Å². The Kier molecular flexibility index (Phi) is 5.92. The molecule has 0 amide bonds.